The number of nitrogens with two attached hydrogens (primary N) is 1. The molecule has 0 aliphatic heterocycles. The molecule has 0 aliphatic carbocycles. The minimum absolute atomic E-state index is 0.0420. The maximum Gasteiger partial charge on any atom is 0.123 e. The van der Waals surface area contributed by atoms with Crippen LogP contribution in [0.2, 0.25) is 0 Å². The molecule has 3 heteroatoms. The molecule has 0 heterocycles. The first-order valence-corrected chi connectivity index (χ1v) is 6.23. The van der Waals surface area contributed by atoms with E-state index in [1.807, 2.05) is 19.1 Å². The van der Waals surface area contributed by atoms with Gasteiger partial charge in [-0.2, -0.15) is 5.26 Å². The van der Waals surface area contributed by atoms with Gasteiger partial charge >= 0.3 is 0 Å². The van der Waals surface area contributed by atoms with Gasteiger partial charge in [-0.1, -0.05) is 32.9 Å². The highest BCUT2D eigenvalue weighted by molar-refractivity contribution is 5.41. The third-order valence-corrected chi connectivity index (χ3v) is 2.80. The first-order valence-electron chi connectivity index (χ1n) is 6.23. The topological polar surface area (TPSA) is 59.0 Å². The highest BCUT2D eigenvalue weighted by Gasteiger charge is 2.19. The molecular formula is C15H22N2O. The highest BCUT2D eigenvalue weighted by Crippen LogP contribution is 2.32. The second-order valence-corrected chi connectivity index (χ2v) is 5.62. The van der Waals surface area contributed by atoms with Crippen molar-refractivity contribution in [3.8, 4) is 11.8 Å². The summed E-state index contributed by atoms with van der Waals surface area (Å²) in [7, 11) is 0. The standard InChI is InChI=1S/C15H22N2O/c1-11-5-6-13(15(2,3)4)14(9-11)18-8-7-12(17)10-16/h5-6,9,12H,7-8,17H2,1-4H3. The second kappa shape index (κ2) is 5.88. The lowest BCUT2D eigenvalue weighted by atomic mass is 9.86. The lowest BCUT2D eigenvalue weighted by Crippen LogP contribution is -2.21. The van der Waals surface area contributed by atoms with Gasteiger partial charge in [0.1, 0.15) is 5.75 Å². The smallest absolute Gasteiger partial charge is 0.123 e. The number of hydrogen-bond acceptors (Lipinski definition) is 3. The van der Waals surface area contributed by atoms with Gasteiger partial charge in [0.2, 0.25) is 0 Å². The van der Waals surface area contributed by atoms with Crippen LogP contribution in [-0.2, 0) is 5.41 Å². The molecule has 0 radical (unpaired) electrons. The monoisotopic (exact) mass is 246 g/mol. The molecule has 18 heavy (non-hydrogen) atoms. The summed E-state index contributed by atoms with van der Waals surface area (Å²) in [6.07, 6.45) is 0.550. The van der Waals surface area contributed by atoms with Crippen molar-refractivity contribution in [1.29, 1.82) is 5.26 Å². The Morgan fingerprint density at radius 1 is 1.39 bits per heavy atom. The molecule has 1 atom stereocenters. The van der Waals surface area contributed by atoms with E-state index >= 15 is 0 Å². The van der Waals surface area contributed by atoms with Crippen LogP contribution in [0.5, 0.6) is 5.75 Å². The van der Waals surface area contributed by atoms with E-state index in [0.717, 1.165) is 5.75 Å². The Balaban J connectivity index is 2.81. The largest absolute Gasteiger partial charge is 0.493 e. The van der Waals surface area contributed by atoms with Crippen LogP contribution < -0.4 is 10.5 Å². The lowest BCUT2D eigenvalue weighted by Gasteiger charge is -2.23. The van der Waals surface area contributed by atoms with E-state index in [2.05, 4.69) is 32.9 Å². The molecule has 2 N–H and O–H groups in total. The zero-order valence-electron chi connectivity index (χ0n) is 11.7. The second-order valence-electron chi connectivity index (χ2n) is 5.62. The van der Waals surface area contributed by atoms with Gasteiger partial charge in [-0.05, 0) is 29.5 Å². The number of aryl methyl sites for hydroxylation is 1. The normalized spacial score (nSPS) is 12.9. The minimum Gasteiger partial charge on any atom is -0.493 e. The maximum absolute atomic E-state index is 8.63. The van der Waals surface area contributed by atoms with Gasteiger partial charge in [-0.25, -0.2) is 0 Å². The number of ether oxygens (including phenoxy) is 1. The Bertz CT molecular complexity index is 441. The Kier molecular flexibility index (Phi) is 4.75. The van der Waals surface area contributed by atoms with Gasteiger partial charge in [-0.3, -0.25) is 0 Å². The molecule has 0 bridgehead atoms. The molecule has 0 spiro atoms. The summed E-state index contributed by atoms with van der Waals surface area (Å²) in [5, 5.41) is 8.63. The maximum atomic E-state index is 8.63. The minimum atomic E-state index is -0.451. The molecule has 98 valence electrons. The lowest BCUT2D eigenvalue weighted by molar-refractivity contribution is 0.298. The fourth-order valence-corrected chi connectivity index (χ4v) is 1.73. The van der Waals surface area contributed by atoms with Crippen LogP contribution in [0.4, 0.5) is 0 Å². The van der Waals surface area contributed by atoms with Crippen molar-refractivity contribution in [2.75, 3.05) is 6.61 Å². The summed E-state index contributed by atoms with van der Waals surface area (Å²) >= 11 is 0. The third-order valence-electron chi connectivity index (χ3n) is 2.80. The van der Waals surface area contributed by atoms with E-state index in [4.69, 9.17) is 15.7 Å². The fourth-order valence-electron chi connectivity index (χ4n) is 1.73. The number of hydrogen-bond donors (Lipinski definition) is 1. The van der Waals surface area contributed by atoms with Crippen molar-refractivity contribution in [2.24, 2.45) is 5.73 Å². The summed E-state index contributed by atoms with van der Waals surface area (Å²) in [5.41, 5.74) is 7.94. The summed E-state index contributed by atoms with van der Waals surface area (Å²) in [5.74, 6) is 0.896. The van der Waals surface area contributed by atoms with Gasteiger partial charge in [0, 0.05) is 6.42 Å². The SMILES string of the molecule is Cc1ccc(C(C)(C)C)c(OCCC(N)C#N)c1. The molecule has 0 saturated heterocycles. The molecule has 1 rings (SSSR count). The first kappa shape index (κ1) is 14.5. The van der Waals surface area contributed by atoms with Crippen LogP contribution in [0.15, 0.2) is 18.2 Å². The molecule has 1 aromatic rings. The van der Waals surface area contributed by atoms with Crippen LogP contribution in [-0.4, -0.2) is 12.6 Å². The number of nitriles is 1. The number of benzene rings is 1. The Labute approximate surface area is 110 Å². The van der Waals surface area contributed by atoms with E-state index in [0.29, 0.717) is 13.0 Å². The summed E-state index contributed by atoms with van der Waals surface area (Å²) < 4.78 is 5.79. The molecule has 1 aromatic carbocycles. The van der Waals surface area contributed by atoms with Gasteiger partial charge in [0.05, 0.1) is 18.7 Å². The molecule has 3 nitrogen and oxygen atoms in total. The van der Waals surface area contributed by atoms with Crippen LogP contribution in [0, 0.1) is 18.3 Å². The molecule has 0 amide bonds. The predicted octanol–water partition coefficient (Wildman–Crippen LogP) is 2.91. The van der Waals surface area contributed by atoms with E-state index in [1.54, 1.807) is 0 Å². The Morgan fingerprint density at radius 3 is 2.61 bits per heavy atom. The molecule has 0 fully saturated rings. The van der Waals surface area contributed by atoms with Gasteiger partial charge < -0.3 is 10.5 Å². The summed E-state index contributed by atoms with van der Waals surface area (Å²) in [6.45, 7) is 8.99. The van der Waals surface area contributed by atoms with E-state index < -0.39 is 6.04 Å². The van der Waals surface area contributed by atoms with E-state index in [9.17, 15) is 0 Å². The zero-order valence-corrected chi connectivity index (χ0v) is 11.7. The summed E-state index contributed by atoms with van der Waals surface area (Å²) in [6, 6.07) is 7.79. The van der Waals surface area contributed by atoms with Crippen molar-refractivity contribution < 1.29 is 4.74 Å². The van der Waals surface area contributed by atoms with Crippen molar-refractivity contribution in [2.45, 2.75) is 45.6 Å². The van der Waals surface area contributed by atoms with E-state index in [1.165, 1.54) is 11.1 Å². The van der Waals surface area contributed by atoms with E-state index in [-0.39, 0.29) is 5.41 Å². The van der Waals surface area contributed by atoms with Crippen molar-refractivity contribution in [3.63, 3.8) is 0 Å². The first-order chi connectivity index (χ1) is 8.34. The molecule has 0 aromatic heterocycles. The van der Waals surface area contributed by atoms with Crippen LogP contribution in [0.25, 0.3) is 0 Å². The van der Waals surface area contributed by atoms with Crippen LogP contribution >= 0.6 is 0 Å². The summed E-state index contributed by atoms with van der Waals surface area (Å²) in [4.78, 5) is 0. The predicted molar refractivity (Wildman–Crippen MR) is 73.6 cm³/mol. The molecule has 0 saturated carbocycles. The van der Waals surface area contributed by atoms with Gasteiger partial charge in [-0.15, -0.1) is 0 Å². The zero-order chi connectivity index (χ0) is 13.8. The highest BCUT2D eigenvalue weighted by atomic mass is 16.5. The van der Waals surface area contributed by atoms with Crippen LogP contribution in [0.1, 0.15) is 38.3 Å². The fraction of sp³-hybridized carbons (Fsp3) is 0.533. The molecular weight excluding hydrogens is 224 g/mol. The number of nitrogens with zero attached hydrogens (tertiary/aromatic N) is 1. The Morgan fingerprint density at radius 2 is 2.06 bits per heavy atom. The Hall–Kier alpha value is -1.53. The van der Waals surface area contributed by atoms with Crippen molar-refractivity contribution in [1.82, 2.24) is 0 Å². The van der Waals surface area contributed by atoms with Gasteiger partial charge in [0.25, 0.3) is 0 Å². The molecule has 1 unspecified atom stereocenters. The average molecular weight is 246 g/mol. The van der Waals surface area contributed by atoms with Crippen molar-refractivity contribution in [3.05, 3.63) is 29.3 Å². The number of rotatable bonds is 4. The molecule has 0 aliphatic rings. The average Bonchev–Trinajstić information content (AvgIpc) is 2.27. The quantitative estimate of drug-likeness (QED) is 0.888. The third kappa shape index (κ3) is 4.05. The van der Waals surface area contributed by atoms with Gasteiger partial charge in [0.15, 0.2) is 0 Å². The van der Waals surface area contributed by atoms with Crippen LogP contribution in [0.3, 0.4) is 0 Å². The van der Waals surface area contributed by atoms with Crippen molar-refractivity contribution >= 4 is 0 Å².